The molecule has 1 saturated heterocycles. The van der Waals surface area contributed by atoms with Crippen LogP contribution in [0.3, 0.4) is 0 Å². The number of aliphatic hydroxyl groups is 1. The summed E-state index contributed by atoms with van der Waals surface area (Å²) >= 11 is 0. The lowest BCUT2D eigenvalue weighted by molar-refractivity contribution is -0.135. The molecular formula is C12H24N2O2. The van der Waals surface area contributed by atoms with E-state index in [9.17, 15) is 4.79 Å². The molecule has 0 unspecified atom stereocenters. The van der Waals surface area contributed by atoms with Gasteiger partial charge in [0.15, 0.2) is 0 Å². The first-order chi connectivity index (χ1) is 7.69. The molecule has 1 heterocycles. The van der Waals surface area contributed by atoms with Gasteiger partial charge in [-0.15, -0.1) is 0 Å². The smallest absolute Gasteiger partial charge is 0.222 e. The van der Waals surface area contributed by atoms with E-state index in [0.29, 0.717) is 19.0 Å². The van der Waals surface area contributed by atoms with E-state index >= 15 is 0 Å². The highest BCUT2D eigenvalue weighted by Crippen LogP contribution is 2.16. The van der Waals surface area contributed by atoms with E-state index in [1.807, 2.05) is 11.8 Å². The SMILES string of the molecule is CCCC(=O)N(CCO)C1CCN(C)CC1. The first-order valence-electron chi connectivity index (χ1n) is 6.28. The third kappa shape index (κ3) is 3.76. The average Bonchev–Trinajstić information content (AvgIpc) is 2.28. The molecule has 0 aliphatic carbocycles. The van der Waals surface area contributed by atoms with Crippen molar-refractivity contribution in [1.82, 2.24) is 9.80 Å². The average molecular weight is 228 g/mol. The van der Waals surface area contributed by atoms with E-state index in [2.05, 4.69) is 11.9 Å². The molecule has 0 spiro atoms. The fourth-order valence-corrected chi connectivity index (χ4v) is 2.28. The lowest BCUT2D eigenvalue weighted by atomic mass is 10.0. The second-order valence-corrected chi connectivity index (χ2v) is 4.60. The van der Waals surface area contributed by atoms with Gasteiger partial charge in [-0.05, 0) is 39.4 Å². The molecule has 0 saturated carbocycles. The van der Waals surface area contributed by atoms with Crippen LogP contribution in [0.15, 0.2) is 0 Å². The van der Waals surface area contributed by atoms with Crippen LogP contribution in [0.2, 0.25) is 0 Å². The highest BCUT2D eigenvalue weighted by Gasteiger charge is 2.25. The Morgan fingerprint density at radius 3 is 2.56 bits per heavy atom. The van der Waals surface area contributed by atoms with E-state index < -0.39 is 0 Å². The standard InChI is InChI=1S/C12H24N2O2/c1-3-4-12(16)14(9-10-15)11-5-7-13(2)8-6-11/h11,15H,3-10H2,1-2H3. The molecule has 1 aliphatic rings. The number of rotatable bonds is 5. The molecule has 0 aromatic heterocycles. The van der Waals surface area contributed by atoms with E-state index in [1.54, 1.807) is 0 Å². The van der Waals surface area contributed by atoms with Crippen molar-refractivity contribution in [2.45, 2.75) is 38.6 Å². The third-order valence-corrected chi connectivity index (χ3v) is 3.25. The summed E-state index contributed by atoms with van der Waals surface area (Å²) in [5.74, 6) is 0.200. The minimum atomic E-state index is 0.0712. The topological polar surface area (TPSA) is 43.8 Å². The molecule has 1 amide bonds. The van der Waals surface area contributed by atoms with Gasteiger partial charge < -0.3 is 14.9 Å². The minimum absolute atomic E-state index is 0.0712. The molecule has 0 atom stereocenters. The van der Waals surface area contributed by atoms with Crippen molar-refractivity contribution < 1.29 is 9.90 Å². The van der Waals surface area contributed by atoms with Gasteiger partial charge in [0.1, 0.15) is 0 Å². The maximum absolute atomic E-state index is 11.9. The summed E-state index contributed by atoms with van der Waals surface area (Å²) in [7, 11) is 2.11. The van der Waals surface area contributed by atoms with Crippen LogP contribution < -0.4 is 0 Å². The summed E-state index contributed by atoms with van der Waals surface area (Å²) in [5, 5.41) is 9.03. The maximum atomic E-state index is 11.9. The van der Waals surface area contributed by atoms with E-state index in [4.69, 9.17) is 5.11 Å². The van der Waals surface area contributed by atoms with Gasteiger partial charge in [0.25, 0.3) is 0 Å². The molecule has 1 aliphatic heterocycles. The Balaban J connectivity index is 2.51. The Morgan fingerprint density at radius 2 is 2.06 bits per heavy atom. The second-order valence-electron chi connectivity index (χ2n) is 4.60. The summed E-state index contributed by atoms with van der Waals surface area (Å²) in [6, 6.07) is 0.336. The number of aliphatic hydroxyl groups excluding tert-OH is 1. The summed E-state index contributed by atoms with van der Waals surface area (Å²) in [6.07, 6.45) is 3.55. The first-order valence-corrected chi connectivity index (χ1v) is 6.28. The van der Waals surface area contributed by atoms with Crippen LogP contribution in [0.5, 0.6) is 0 Å². The molecule has 16 heavy (non-hydrogen) atoms. The zero-order chi connectivity index (χ0) is 12.0. The van der Waals surface area contributed by atoms with Crippen molar-refractivity contribution in [3.05, 3.63) is 0 Å². The quantitative estimate of drug-likeness (QED) is 0.753. The van der Waals surface area contributed by atoms with Crippen LogP contribution >= 0.6 is 0 Å². The van der Waals surface area contributed by atoms with Gasteiger partial charge in [-0.2, -0.15) is 0 Å². The number of likely N-dealkylation sites (tertiary alicyclic amines) is 1. The number of hydrogen-bond acceptors (Lipinski definition) is 3. The number of amides is 1. The predicted molar refractivity (Wildman–Crippen MR) is 64.2 cm³/mol. The van der Waals surface area contributed by atoms with Crippen molar-refractivity contribution in [2.75, 3.05) is 33.3 Å². The van der Waals surface area contributed by atoms with Crippen LogP contribution in [-0.4, -0.2) is 60.1 Å². The van der Waals surface area contributed by atoms with Gasteiger partial charge in [0.05, 0.1) is 6.61 Å². The minimum Gasteiger partial charge on any atom is -0.395 e. The molecule has 1 N–H and O–H groups in total. The van der Waals surface area contributed by atoms with Gasteiger partial charge in [-0.3, -0.25) is 4.79 Å². The Morgan fingerprint density at radius 1 is 1.44 bits per heavy atom. The summed E-state index contributed by atoms with van der Waals surface area (Å²) in [5.41, 5.74) is 0. The molecule has 1 rings (SSSR count). The fraction of sp³-hybridized carbons (Fsp3) is 0.917. The van der Waals surface area contributed by atoms with Crippen molar-refractivity contribution in [3.63, 3.8) is 0 Å². The van der Waals surface area contributed by atoms with Gasteiger partial charge >= 0.3 is 0 Å². The fourth-order valence-electron chi connectivity index (χ4n) is 2.28. The Kier molecular flexibility index (Phi) is 5.77. The number of hydrogen-bond donors (Lipinski definition) is 1. The molecule has 0 bridgehead atoms. The second kappa shape index (κ2) is 6.86. The van der Waals surface area contributed by atoms with Crippen molar-refractivity contribution in [1.29, 1.82) is 0 Å². The van der Waals surface area contributed by atoms with Crippen LogP contribution in [0.1, 0.15) is 32.6 Å². The Labute approximate surface area is 98.2 Å². The third-order valence-electron chi connectivity index (χ3n) is 3.25. The van der Waals surface area contributed by atoms with E-state index in [-0.39, 0.29) is 12.5 Å². The number of carbonyl (C=O) groups is 1. The highest BCUT2D eigenvalue weighted by molar-refractivity contribution is 5.76. The largest absolute Gasteiger partial charge is 0.395 e. The van der Waals surface area contributed by atoms with Crippen LogP contribution in [0.25, 0.3) is 0 Å². The van der Waals surface area contributed by atoms with Gasteiger partial charge in [-0.1, -0.05) is 6.92 Å². The molecule has 4 heteroatoms. The predicted octanol–water partition coefficient (Wildman–Crippen LogP) is 0.702. The molecule has 4 nitrogen and oxygen atoms in total. The van der Waals surface area contributed by atoms with Gasteiger partial charge in [0, 0.05) is 19.0 Å². The molecule has 0 aromatic rings. The van der Waals surface area contributed by atoms with Crippen LogP contribution in [0, 0.1) is 0 Å². The molecule has 0 radical (unpaired) electrons. The Bertz CT molecular complexity index is 213. The normalized spacial score (nSPS) is 18.7. The lowest BCUT2D eigenvalue weighted by Gasteiger charge is -2.37. The van der Waals surface area contributed by atoms with Crippen molar-refractivity contribution >= 4 is 5.91 Å². The molecule has 94 valence electrons. The molecule has 0 aromatic carbocycles. The zero-order valence-corrected chi connectivity index (χ0v) is 10.5. The summed E-state index contributed by atoms with van der Waals surface area (Å²) in [4.78, 5) is 16.1. The number of piperidine rings is 1. The van der Waals surface area contributed by atoms with E-state index in [0.717, 1.165) is 32.4 Å². The summed E-state index contributed by atoms with van der Waals surface area (Å²) in [6.45, 7) is 4.68. The molecule has 1 fully saturated rings. The van der Waals surface area contributed by atoms with Crippen LogP contribution in [0.4, 0.5) is 0 Å². The zero-order valence-electron chi connectivity index (χ0n) is 10.5. The van der Waals surface area contributed by atoms with Crippen LogP contribution in [-0.2, 0) is 4.79 Å². The van der Waals surface area contributed by atoms with Gasteiger partial charge in [-0.25, -0.2) is 0 Å². The maximum Gasteiger partial charge on any atom is 0.222 e. The summed E-state index contributed by atoms with van der Waals surface area (Å²) < 4.78 is 0. The van der Waals surface area contributed by atoms with Gasteiger partial charge in [0.2, 0.25) is 5.91 Å². The monoisotopic (exact) mass is 228 g/mol. The van der Waals surface area contributed by atoms with E-state index in [1.165, 1.54) is 0 Å². The lowest BCUT2D eigenvalue weighted by Crippen LogP contribution is -2.47. The molecular weight excluding hydrogens is 204 g/mol. The number of carbonyl (C=O) groups excluding carboxylic acids is 1. The highest BCUT2D eigenvalue weighted by atomic mass is 16.3. The van der Waals surface area contributed by atoms with Crippen molar-refractivity contribution in [2.24, 2.45) is 0 Å². The van der Waals surface area contributed by atoms with Crippen molar-refractivity contribution in [3.8, 4) is 0 Å². The first kappa shape index (κ1) is 13.5. The Hall–Kier alpha value is -0.610. The number of nitrogens with zero attached hydrogens (tertiary/aromatic N) is 2.